The lowest BCUT2D eigenvalue weighted by molar-refractivity contribution is -0.131. The minimum Gasteiger partial charge on any atom is -0.454 e. The molecule has 5 nitrogen and oxygen atoms in total. The molecule has 1 aromatic carbocycles. The molecule has 0 saturated carbocycles. The summed E-state index contributed by atoms with van der Waals surface area (Å²) >= 11 is 0. The van der Waals surface area contributed by atoms with Crippen molar-refractivity contribution in [3.63, 3.8) is 0 Å². The van der Waals surface area contributed by atoms with E-state index in [2.05, 4.69) is 0 Å². The molecule has 0 radical (unpaired) electrons. The summed E-state index contributed by atoms with van der Waals surface area (Å²) in [6, 6.07) is 5.49. The molecular formula is C21H26O5. The Labute approximate surface area is 154 Å². The van der Waals surface area contributed by atoms with Crippen molar-refractivity contribution in [1.82, 2.24) is 0 Å². The van der Waals surface area contributed by atoms with Crippen LogP contribution in [0.1, 0.15) is 38.2 Å². The molecule has 140 valence electrons. The van der Waals surface area contributed by atoms with Gasteiger partial charge in [0.25, 0.3) is 0 Å². The highest BCUT2D eigenvalue weighted by Gasteiger charge is 2.39. The van der Waals surface area contributed by atoms with Gasteiger partial charge >= 0.3 is 0 Å². The van der Waals surface area contributed by atoms with Crippen molar-refractivity contribution in [3.05, 3.63) is 47.6 Å². The zero-order valence-electron chi connectivity index (χ0n) is 15.5. The number of rotatable bonds is 9. The molecule has 1 heterocycles. The molecule has 2 aliphatic rings. The van der Waals surface area contributed by atoms with E-state index in [1.807, 2.05) is 37.3 Å². The summed E-state index contributed by atoms with van der Waals surface area (Å²) in [6.45, 7) is 3.78. The molecule has 1 aliphatic heterocycles. The number of ketones is 1. The summed E-state index contributed by atoms with van der Waals surface area (Å²) < 4.78 is 21.8. The highest BCUT2D eigenvalue weighted by atomic mass is 16.7. The SMILES string of the molecule is CCOCCCCCC1=CC(=O)C(OC)(c2ccc3c(c2)OCO3)C=C1. The summed E-state index contributed by atoms with van der Waals surface area (Å²) in [6.07, 6.45) is 9.63. The Morgan fingerprint density at radius 3 is 2.77 bits per heavy atom. The number of fused-ring (bicyclic) bond motifs is 1. The lowest BCUT2D eigenvalue weighted by atomic mass is 9.83. The highest BCUT2D eigenvalue weighted by Crippen LogP contribution is 2.39. The molecule has 0 bridgehead atoms. The summed E-state index contributed by atoms with van der Waals surface area (Å²) in [5.74, 6) is 1.27. The molecule has 0 spiro atoms. The maximum atomic E-state index is 12.9. The number of allylic oxidation sites excluding steroid dienone is 2. The first-order chi connectivity index (χ1) is 12.7. The van der Waals surface area contributed by atoms with Crippen LogP contribution >= 0.6 is 0 Å². The number of benzene rings is 1. The van der Waals surface area contributed by atoms with Gasteiger partial charge in [-0.1, -0.05) is 18.6 Å². The Balaban J connectivity index is 1.65. The molecule has 0 N–H and O–H groups in total. The molecule has 1 aliphatic carbocycles. The lowest BCUT2D eigenvalue weighted by Gasteiger charge is -2.30. The van der Waals surface area contributed by atoms with Crippen molar-refractivity contribution < 1.29 is 23.7 Å². The van der Waals surface area contributed by atoms with Crippen LogP contribution in [0.25, 0.3) is 0 Å². The second-order valence-electron chi connectivity index (χ2n) is 6.43. The molecule has 0 amide bonds. The quantitative estimate of drug-likeness (QED) is 0.626. The van der Waals surface area contributed by atoms with E-state index in [-0.39, 0.29) is 12.6 Å². The number of hydrogen-bond donors (Lipinski definition) is 0. The zero-order chi connectivity index (χ0) is 18.4. The first-order valence-electron chi connectivity index (χ1n) is 9.17. The number of carbonyl (C=O) groups excluding carboxylic acids is 1. The number of unbranched alkanes of at least 4 members (excludes halogenated alkanes) is 2. The van der Waals surface area contributed by atoms with Crippen LogP contribution in [0.4, 0.5) is 0 Å². The fourth-order valence-corrected chi connectivity index (χ4v) is 3.29. The van der Waals surface area contributed by atoms with Crippen molar-refractivity contribution in [2.45, 2.75) is 38.2 Å². The predicted molar refractivity (Wildman–Crippen MR) is 98.4 cm³/mol. The van der Waals surface area contributed by atoms with Gasteiger partial charge in [0.05, 0.1) is 0 Å². The Kier molecular flexibility index (Phi) is 6.12. The van der Waals surface area contributed by atoms with E-state index in [4.69, 9.17) is 18.9 Å². The van der Waals surface area contributed by atoms with Crippen LogP contribution in [0.3, 0.4) is 0 Å². The van der Waals surface area contributed by atoms with Crippen molar-refractivity contribution in [2.24, 2.45) is 0 Å². The van der Waals surface area contributed by atoms with Crippen LogP contribution in [0.5, 0.6) is 11.5 Å². The van der Waals surface area contributed by atoms with Crippen LogP contribution in [-0.4, -0.2) is 32.9 Å². The molecule has 5 heteroatoms. The summed E-state index contributed by atoms with van der Waals surface area (Å²) in [7, 11) is 1.55. The molecule has 0 aromatic heterocycles. The summed E-state index contributed by atoms with van der Waals surface area (Å²) in [5, 5.41) is 0. The standard InChI is InChI=1S/C21H26O5/c1-3-24-12-6-4-5-7-16-10-11-21(23-2,20(22)13-16)17-8-9-18-19(14-17)26-15-25-18/h8-11,13-14H,3-7,12,15H2,1-2H3. The van der Waals surface area contributed by atoms with Gasteiger partial charge in [-0.05, 0) is 61.6 Å². The van der Waals surface area contributed by atoms with E-state index >= 15 is 0 Å². The second kappa shape index (κ2) is 8.52. The first kappa shape index (κ1) is 18.7. The van der Waals surface area contributed by atoms with Crippen molar-refractivity contribution in [3.8, 4) is 11.5 Å². The van der Waals surface area contributed by atoms with E-state index in [1.165, 1.54) is 0 Å². The smallest absolute Gasteiger partial charge is 0.231 e. The Bertz CT molecular complexity index is 706. The van der Waals surface area contributed by atoms with Gasteiger partial charge in [-0.25, -0.2) is 0 Å². The monoisotopic (exact) mass is 358 g/mol. The molecule has 26 heavy (non-hydrogen) atoms. The number of hydrogen-bond acceptors (Lipinski definition) is 5. The molecule has 0 saturated heterocycles. The van der Waals surface area contributed by atoms with Crippen LogP contribution in [0, 0.1) is 0 Å². The minimum absolute atomic E-state index is 0.0642. The van der Waals surface area contributed by atoms with Gasteiger partial charge in [0.1, 0.15) is 0 Å². The third kappa shape index (κ3) is 3.84. The van der Waals surface area contributed by atoms with Crippen molar-refractivity contribution in [1.29, 1.82) is 0 Å². The average Bonchev–Trinajstić information content (AvgIpc) is 3.13. The fraction of sp³-hybridized carbons (Fsp3) is 0.476. The Hall–Kier alpha value is -2.11. The maximum absolute atomic E-state index is 12.9. The summed E-state index contributed by atoms with van der Waals surface area (Å²) in [4.78, 5) is 12.9. The lowest BCUT2D eigenvalue weighted by Crippen LogP contribution is -2.36. The molecule has 0 fully saturated rings. The van der Waals surface area contributed by atoms with E-state index in [0.29, 0.717) is 11.5 Å². The van der Waals surface area contributed by atoms with Crippen molar-refractivity contribution >= 4 is 5.78 Å². The van der Waals surface area contributed by atoms with Crippen LogP contribution in [-0.2, 0) is 19.9 Å². The van der Waals surface area contributed by atoms with Crippen LogP contribution in [0.15, 0.2) is 42.0 Å². The van der Waals surface area contributed by atoms with Crippen molar-refractivity contribution in [2.75, 3.05) is 27.1 Å². The third-order valence-electron chi connectivity index (χ3n) is 4.80. The Morgan fingerprint density at radius 1 is 1.15 bits per heavy atom. The van der Waals surface area contributed by atoms with Gasteiger partial charge in [-0.2, -0.15) is 0 Å². The molecular weight excluding hydrogens is 332 g/mol. The molecule has 3 rings (SSSR count). The average molecular weight is 358 g/mol. The molecule has 1 atom stereocenters. The minimum atomic E-state index is -1.10. The molecule has 1 unspecified atom stereocenters. The van der Waals surface area contributed by atoms with Gasteiger partial charge in [0.15, 0.2) is 22.9 Å². The van der Waals surface area contributed by atoms with E-state index < -0.39 is 5.60 Å². The number of ether oxygens (including phenoxy) is 4. The van der Waals surface area contributed by atoms with Gasteiger partial charge in [0, 0.05) is 20.3 Å². The normalized spacial score (nSPS) is 21.2. The van der Waals surface area contributed by atoms with E-state index in [0.717, 1.165) is 50.0 Å². The van der Waals surface area contributed by atoms with Crippen LogP contribution < -0.4 is 9.47 Å². The molecule has 1 aromatic rings. The highest BCUT2D eigenvalue weighted by molar-refractivity contribution is 6.01. The van der Waals surface area contributed by atoms with Gasteiger partial charge in [-0.15, -0.1) is 0 Å². The van der Waals surface area contributed by atoms with E-state index in [1.54, 1.807) is 13.2 Å². The topological polar surface area (TPSA) is 54.0 Å². The van der Waals surface area contributed by atoms with Gasteiger partial charge in [0.2, 0.25) is 6.79 Å². The maximum Gasteiger partial charge on any atom is 0.231 e. The van der Waals surface area contributed by atoms with E-state index in [9.17, 15) is 4.79 Å². The number of carbonyl (C=O) groups is 1. The first-order valence-corrected chi connectivity index (χ1v) is 9.17. The fourth-order valence-electron chi connectivity index (χ4n) is 3.29. The van der Waals surface area contributed by atoms with Crippen LogP contribution in [0.2, 0.25) is 0 Å². The largest absolute Gasteiger partial charge is 0.454 e. The number of methoxy groups -OCH3 is 1. The second-order valence-corrected chi connectivity index (χ2v) is 6.43. The third-order valence-corrected chi connectivity index (χ3v) is 4.80. The van der Waals surface area contributed by atoms with Gasteiger partial charge in [-0.3, -0.25) is 4.79 Å². The zero-order valence-corrected chi connectivity index (χ0v) is 15.5. The Morgan fingerprint density at radius 2 is 2.00 bits per heavy atom. The van der Waals surface area contributed by atoms with Gasteiger partial charge < -0.3 is 18.9 Å². The summed E-state index contributed by atoms with van der Waals surface area (Å²) in [5.41, 5.74) is 0.691. The predicted octanol–water partition coefficient (Wildman–Crippen LogP) is 3.92.